The van der Waals surface area contributed by atoms with Crippen LogP contribution in [-0.2, 0) is 4.79 Å². The van der Waals surface area contributed by atoms with E-state index < -0.39 is 11.6 Å². The molecule has 6 rings (SSSR count). The molecule has 14 heteroatoms. The summed E-state index contributed by atoms with van der Waals surface area (Å²) in [6.07, 6.45) is 7.44. The number of imidazole rings is 1. The van der Waals surface area contributed by atoms with E-state index in [2.05, 4.69) is 20.4 Å². The van der Waals surface area contributed by atoms with Gasteiger partial charge in [-0.2, -0.15) is 9.61 Å². The van der Waals surface area contributed by atoms with E-state index in [-0.39, 0.29) is 41.6 Å². The second-order valence-corrected chi connectivity index (χ2v) is 11.3. The zero-order valence-electron chi connectivity index (χ0n) is 21.0. The van der Waals surface area contributed by atoms with E-state index in [9.17, 15) is 23.5 Å². The molecule has 4 N–H and O–H groups in total. The Balaban J connectivity index is 1.18. The topological polar surface area (TPSA) is 144 Å². The highest BCUT2D eigenvalue weighted by molar-refractivity contribution is 8.04. The van der Waals surface area contributed by atoms with Gasteiger partial charge in [-0.3, -0.25) is 14.8 Å². The van der Waals surface area contributed by atoms with E-state index >= 15 is 0 Å². The van der Waals surface area contributed by atoms with Gasteiger partial charge in [-0.05, 0) is 25.3 Å². The van der Waals surface area contributed by atoms with Crippen LogP contribution in [0.4, 0.5) is 8.78 Å². The van der Waals surface area contributed by atoms with Gasteiger partial charge >= 0.3 is 5.69 Å². The van der Waals surface area contributed by atoms with E-state index in [1.807, 2.05) is 17.0 Å². The highest BCUT2D eigenvalue weighted by Crippen LogP contribution is 2.42. The lowest BCUT2D eigenvalue weighted by Gasteiger charge is -2.31. The molecule has 3 aromatic heterocycles. The Labute approximate surface area is 225 Å². The number of piperidine rings is 1. The van der Waals surface area contributed by atoms with Gasteiger partial charge in [-0.1, -0.05) is 6.08 Å². The first-order valence-corrected chi connectivity index (χ1v) is 13.8. The second-order valence-electron chi connectivity index (χ2n) is 10.1. The lowest BCUT2D eigenvalue weighted by molar-refractivity contribution is -0.117. The molecule has 0 spiro atoms. The summed E-state index contributed by atoms with van der Waals surface area (Å²) in [6.45, 7) is 1.60. The van der Waals surface area contributed by atoms with E-state index in [1.54, 1.807) is 16.8 Å². The van der Waals surface area contributed by atoms with Crippen LogP contribution in [-0.4, -0.2) is 78.6 Å². The van der Waals surface area contributed by atoms with Crippen molar-refractivity contribution in [1.29, 1.82) is 0 Å². The van der Waals surface area contributed by atoms with Crippen molar-refractivity contribution in [3.05, 3.63) is 55.8 Å². The SMILES string of the molecule is O=C(NCCN1CCC(F)(F)CC1)C1=CCC(c2cc(=NC3CC3)n3ncc(=Cc4[nH]c(=O)[nH]c4O)c3n2)S1. The quantitative estimate of drug-likeness (QED) is 0.338. The number of alkyl halides is 2. The molecule has 1 amide bonds. The van der Waals surface area contributed by atoms with Crippen LogP contribution in [0, 0.1) is 0 Å². The van der Waals surface area contributed by atoms with Crippen LogP contribution in [0.15, 0.2) is 33.0 Å². The average Bonchev–Trinajstić information content (AvgIpc) is 3.27. The van der Waals surface area contributed by atoms with Crippen molar-refractivity contribution in [2.75, 3.05) is 26.2 Å². The van der Waals surface area contributed by atoms with Crippen LogP contribution >= 0.6 is 11.8 Å². The van der Waals surface area contributed by atoms with Crippen molar-refractivity contribution in [3.8, 4) is 5.88 Å². The number of nitrogens with zero attached hydrogens (tertiary/aromatic N) is 5. The highest BCUT2D eigenvalue weighted by atomic mass is 32.2. The predicted molar refractivity (Wildman–Crippen MR) is 140 cm³/mol. The predicted octanol–water partition coefficient (Wildman–Crippen LogP) is 0.971. The van der Waals surface area contributed by atoms with Gasteiger partial charge in [-0.25, -0.2) is 18.6 Å². The summed E-state index contributed by atoms with van der Waals surface area (Å²) < 4.78 is 28.4. The number of carbonyl (C=O) groups excluding carboxylic acids is 1. The van der Waals surface area contributed by atoms with E-state index in [4.69, 9.17) is 9.98 Å². The molecule has 3 aromatic rings. The summed E-state index contributed by atoms with van der Waals surface area (Å²) in [5, 5.41) is 17.8. The smallest absolute Gasteiger partial charge is 0.326 e. The lowest BCUT2D eigenvalue weighted by Crippen LogP contribution is -2.43. The molecule has 0 aromatic carbocycles. The van der Waals surface area contributed by atoms with Crippen molar-refractivity contribution >= 4 is 29.4 Å². The van der Waals surface area contributed by atoms with Crippen LogP contribution in [0.3, 0.4) is 0 Å². The number of carbonyl (C=O) groups is 1. The first-order chi connectivity index (χ1) is 18.7. The maximum Gasteiger partial charge on any atom is 0.326 e. The molecule has 2 fully saturated rings. The number of halogens is 2. The van der Waals surface area contributed by atoms with Gasteiger partial charge in [0.25, 0.3) is 11.8 Å². The minimum atomic E-state index is -2.58. The van der Waals surface area contributed by atoms with Crippen molar-refractivity contribution in [1.82, 2.24) is 34.8 Å². The fourth-order valence-electron chi connectivity index (χ4n) is 4.69. The molecule has 0 bridgehead atoms. The molecule has 5 heterocycles. The molecule has 0 radical (unpaired) electrons. The van der Waals surface area contributed by atoms with Crippen LogP contribution in [0.5, 0.6) is 5.88 Å². The van der Waals surface area contributed by atoms with E-state index in [0.29, 0.717) is 53.9 Å². The molecule has 39 heavy (non-hydrogen) atoms. The first kappa shape index (κ1) is 25.7. The normalized spacial score (nSPS) is 22.5. The number of H-pyrrole nitrogens is 2. The van der Waals surface area contributed by atoms with Crippen molar-refractivity contribution in [2.24, 2.45) is 4.99 Å². The Hall–Kier alpha value is -3.52. The Morgan fingerprint density at radius 2 is 2.10 bits per heavy atom. The minimum Gasteiger partial charge on any atom is -0.493 e. The van der Waals surface area contributed by atoms with Gasteiger partial charge < -0.3 is 20.3 Å². The number of rotatable bonds is 7. The summed E-state index contributed by atoms with van der Waals surface area (Å²) in [5.41, 5.74) is 1.64. The van der Waals surface area contributed by atoms with Crippen LogP contribution in [0.1, 0.15) is 48.7 Å². The number of aromatic nitrogens is 5. The maximum atomic E-state index is 13.4. The van der Waals surface area contributed by atoms with Gasteiger partial charge in [-0.15, -0.1) is 11.8 Å². The molecule has 1 atom stereocenters. The third kappa shape index (κ3) is 5.76. The summed E-state index contributed by atoms with van der Waals surface area (Å²) in [5.74, 6) is -3.04. The number of hydrogen-bond acceptors (Lipinski definition) is 8. The highest BCUT2D eigenvalue weighted by Gasteiger charge is 2.34. The number of fused-ring (bicyclic) bond motifs is 1. The van der Waals surface area contributed by atoms with Gasteiger partial charge in [0.2, 0.25) is 5.88 Å². The Morgan fingerprint density at radius 1 is 1.31 bits per heavy atom. The number of aromatic hydroxyl groups is 1. The molecule has 206 valence electrons. The van der Waals surface area contributed by atoms with Gasteiger partial charge in [0.1, 0.15) is 5.69 Å². The van der Waals surface area contributed by atoms with Crippen LogP contribution < -0.4 is 21.7 Å². The van der Waals surface area contributed by atoms with E-state index in [0.717, 1.165) is 18.5 Å². The third-order valence-corrected chi connectivity index (χ3v) is 8.36. The maximum absolute atomic E-state index is 13.4. The lowest BCUT2D eigenvalue weighted by atomic mass is 10.1. The fourth-order valence-corrected chi connectivity index (χ4v) is 5.80. The number of aromatic amines is 2. The Morgan fingerprint density at radius 3 is 2.82 bits per heavy atom. The summed E-state index contributed by atoms with van der Waals surface area (Å²) in [7, 11) is 0. The van der Waals surface area contributed by atoms with Crippen molar-refractivity contribution in [2.45, 2.75) is 49.3 Å². The van der Waals surface area contributed by atoms with Gasteiger partial charge in [0, 0.05) is 50.3 Å². The molecular formula is C25H28F2N8O3S. The zero-order valence-corrected chi connectivity index (χ0v) is 21.8. The van der Waals surface area contributed by atoms with Crippen molar-refractivity contribution in [3.63, 3.8) is 0 Å². The molecule has 1 saturated heterocycles. The molecule has 1 unspecified atom stereocenters. The summed E-state index contributed by atoms with van der Waals surface area (Å²) in [4.78, 5) is 41.4. The Bertz CT molecular complexity index is 1610. The number of amides is 1. The first-order valence-electron chi connectivity index (χ1n) is 12.9. The number of hydrogen-bond donors (Lipinski definition) is 4. The van der Waals surface area contributed by atoms with Crippen LogP contribution in [0.2, 0.25) is 0 Å². The fraction of sp³-hybridized carbons (Fsp3) is 0.480. The van der Waals surface area contributed by atoms with Gasteiger partial charge in [0.15, 0.2) is 11.1 Å². The number of thioether (sulfide) groups is 1. The van der Waals surface area contributed by atoms with Gasteiger partial charge in [0.05, 0.1) is 28.1 Å². The zero-order chi connectivity index (χ0) is 27.1. The van der Waals surface area contributed by atoms with Crippen molar-refractivity contribution < 1.29 is 18.7 Å². The second kappa shape index (κ2) is 10.2. The number of likely N-dealkylation sites (tertiary alicyclic amines) is 1. The molecule has 2 aliphatic heterocycles. The molecule has 11 nitrogen and oxygen atoms in total. The average molecular weight is 559 g/mol. The molecule has 1 aliphatic carbocycles. The van der Waals surface area contributed by atoms with Crippen LogP contribution in [0.25, 0.3) is 11.7 Å². The standard InChI is InChI=1S/C25H28F2N8O3S/c26-25(27)5-8-34(9-6-25)10-7-28-23(37)19-4-3-18(39-19)16-12-20(30-15-1-2-15)35-21(31-16)14(13-29-35)11-17-22(36)33-24(38)32-17/h4,11-13,15,18,36H,1-3,5-10H2,(H,28,37)(H2,32,33,38). The largest absolute Gasteiger partial charge is 0.493 e. The van der Waals surface area contributed by atoms with E-state index in [1.165, 1.54) is 11.8 Å². The number of nitrogens with one attached hydrogen (secondary N) is 3. The summed E-state index contributed by atoms with van der Waals surface area (Å²) >= 11 is 1.43. The third-order valence-electron chi connectivity index (χ3n) is 7.04. The molecule has 3 aliphatic rings. The minimum absolute atomic E-state index is 0.101. The number of allylic oxidation sites excluding steroid dienone is 1. The molecular weight excluding hydrogens is 530 g/mol. The monoisotopic (exact) mass is 558 g/mol. The molecule has 1 saturated carbocycles. The Kier molecular flexibility index (Phi) is 6.75. The summed E-state index contributed by atoms with van der Waals surface area (Å²) in [6, 6.07) is 2.14.